The van der Waals surface area contributed by atoms with Crippen molar-refractivity contribution < 1.29 is 19.1 Å². The Labute approximate surface area is 243 Å². The molecule has 0 bridgehead atoms. The molecule has 216 valence electrons. The summed E-state index contributed by atoms with van der Waals surface area (Å²) < 4.78 is 5.29. The van der Waals surface area contributed by atoms with Crippen molar-refractivity contribution in [2.45, 2.75) is 84.0 Å². The monoisotopic (exact) mass is 567 g/mol. The number of halogens is 1. The summed E-state index contributed by atoms with van der Waals surface area (Å²) in [4.78, 5) is 44.5. The number of likely N-dealkylation sites (tertiary alicyclic amines) is 1. The van der Waals surface area contributed by atoms with Crippen LogP contribution in [-0.2, 0) is 16.1 Å². The van der Waals surface area contributed by atoms with Gasteiger partial charge in [-0.15, -0.1) is 11.6 Å². The highest BCUT2D eigenvalue weighted by atomic mass is 35.5. The number of aryl methyl sites for hydroxylation is 1. The van der Waals surface area contributed by atoms with Crippen molar-refractivity contribution in [1.82, 2.24) is 15.1 Å². The highest BCUT2D eigenvalue weighted by Crippen LogP contribution is 2.30. The number of ether oxygens (including phenoxy) is 1. The van der Waals surface area contributed by atoms with E-state index in [0.717, 1.165) is 43.2 Å². The molecular formula is C32H42ClN3O4. The van der Waals surface area contributed by atoms with Gasteiger partial charge in [0.25, 0.3) is 5.91 Å². The first-order chi connectivity index (χ1) is 19.1. The van der Waals surface area contributed by atoms with Gasteiger partial charge >= 0.3 is 0 Å². The Kier molecular flexibility index (Phi) is 9.77. The van der Waals surface area contributed by atoms with Crippen LogP contribution in [0.5, 0.6) is 5.75 Å². The van der Waals surface area contributed by atoms with Gasteiger partial charge in [0.15, 0.2) is 0 Å². The highest BCUT2D eigenvalue weighted by molar-refractivity contribution is 6.20. The SMILES string of the molecule is COc1ccc(C(=O)N(Cc2cccc(C)c2)[C@@H]2CCCC[C@H]2NC(=O)[C@@H]2CCCN2C(=O)C(C)(C)CCl)cc1. The maximum atomic E-state index is 14.0. The maximum absolute atomic E-state index is 14.0. The van der Waals surface area contributed by atoms with Crippen molar-refractivity contribution in [3.63, 3.8) is 0 Å². The standard InChI is InChI=1S/C32H42ClN3O4/c1-22-9-7-10-23(19-22)20-36(30(38)24-14-16-25(40-4)17-15-24)27-12-6-5-11-26(27)34-29(37)28-13-8-18-35(28)31(39)32(2,3)21-33/h7,9-10,14-17,19,26-28H,5-6,8,11-13,18,20-21H2,1-4H3,(H,34,37)/t26-,27-,28+/m1/s1. The van der Waals surface area contributed by atoms with Crippen LogP contribution in [0.1, 0.15) is 73.9 Å². The molecule has 2 aromatic rings. The fourth-order valence-corrected chi connectivity index (χ4v) is 6.02. The van der Waals surface area contributed by atoms with Crippen molar-refractivity contribution in [2.75, 3.05) is 19.5 Å². The van der Waals surface area contributed by atoms with Gasteiger partial charge in [0.2, 0.25) is 11.8 Å². The molecule has 1 heterocycles. The lowest BCUT2D eigenvalue weighted by atomic mass is 9.88. The second-order valence-electron chi connectivity index (χ2n) is 11.8. The molecule has 1 N–H and O–H groups in total. The average molecular weight is 568 g/mol. The molecule has 0 spiro atoms. The summed E-state index contributed by atoms with van der Waals surface area (Å²) in [6.07, 6.45) is 4.95. The van der Waals surface area contributed by atoms with Gasteiger partial charge in [-0.3, -0.25) is 14.4 Å². The first-order valence-corrected chi connectivity index (χ1v) is 14.9. The maximum Gasteiger partial charge on any atom is 0.254 e. The van der Waals surface area contributed by atoms with E-state index in [1.807, 2.05) is 43.9 Å². The summed E-state index contributed by atoms with van der Waals surface area (Å²) in [7, 11) is 1.60. The van der Waals surface area contributed by atoms with Crippen LogP contribution in [0.2, 0.25) is 0 Å². The summed E-state index contributed by atoms with van der Waals surface area (Å²) in [6.45, 7) is 6.69. The fourth-order valence-electron chi connectivity index (χ4n) is 5.91. The topological polar surface area (TPSA) is 79.0 Å². The van der Waals surface area contributed by atoms with Gasteiger partial charge in [-0.2, -0.15) is 0 Å². The summed E-state index contributed by atoms with van der Waals surface area (Å²) >= 11 is 6.08. The zero-order valence-electron chi connectivity index (χ0n) is 24.1. The van der Waals surface area contributed by atoms with Gasteiger partial charge in [-0.05, 0) is 76.3 Å². The number of hydrogen-bond acceptors (Lipinski definition) is 4. The molecule has 1 aliphatic heterocycles. The third-order valence-corrected chi connectivity index (χ3v) is 8.89. The number of nitrogens with zero attached hydrogens (tertiary/aromatic N) is 2. The van der Waals surface area contributed by atoms with Crippen LogP contribution >= 0.6 is 11.6 Å². The van der Waals surface area contributed by atoms with Gasteiger partial charge in [-0.1, -0.05) is 42.7 Å². The number of amides is 3. The van der Waals surface area contributed by atoms with Crippen LogP contribution in [0.25, 0.3) is 0 Å². The van der Waals surface area contributed by atoms with E-state index in [1.54, 1.807) is 36.3 Å². The summed E-state index contributed by atoms with van der Waals surface area (Å²) in [5, 5.41) is 3.29. The van der Waals surface area contributed by atoms with E-state index in [4.69, 9.17) is 16.3 Å². The number of alkyl halides is 1. The molecule has 2 aliphatic rings. The van der Waals surface area contributed by atoms with Gasteiger partial charge in [0, 0.05) is 30.6 Å². The van der Waals surface area contributed by atoms with Gasteiger partial charge in [0.05, 0.1) is 18.6 Å². The molecule has 0 radical (unpaired) electrons. The van der Waals surface area contributed by atoms with Gasteiger partial charge in [-0.25, -0.2) is 0 Å². The third-order valence-electron chi connectivity index (χ3n) is 8.22. The Bertz CT molecular complexity index is 1200. The normalized spacial score (nSPS) is 21.1. The van der Waals surface area contributed by atoms with Crippen LogP contribution in [0.3, 0.4) is 0 Å². The lowest BCUT2D eigenvalue weighted by molar-refractivity contribution is -0.144. The van der Waals surface area contributed by atoms with E-state index in [9.17, 15) is 14.4 Å². The number of hydrogen-bond donors (Lipinski definition) is 1. The molecule has 1 saturated heterocycles. The Morgan fingerprint density at radius 2 is 1.77 bits per heavy atom. The molecule has 1 saturated carbocycles. The summed E-state index contributed by atoms with van der Waals surface area (Å²) in [6, 6.07) is 14.5. The molecular weight excluding hydrogens is 526 g/mol. The molecule has 2 fully saturated rings. The minimum atomic E-state index is -0.729. The molecule has 0 aromatic heterocycles. The average Bonchev–Trinajstić information content (AvgIpc) is 3.46. The molecule has 0 unspecified atom stereocenters. The number of nitrogens with one attached hydrogen (secondary N) is 1. The minimum absolute atomic E-state index is 0.0724. The van der Waals surface area contributed by atoms with E-state index in [-0.39, 0.29) is 35.7 Å². The Hall–Kier alpha value is -3.06. The third kappa shape index (κ3) is 6.80. The van der Waals surface area contributed by atoms with Crippen molar-refractivity contribution in [2.24, 2.45) is 5.41 Å². The Balaban J connectivity index is 1.59. The first-order valence-electron chi connectivity index (χ1n) is 14.3. The minimum Gasteiger partial charge on any atom is -0.497 e. The zero-order chi connectivity index (χ0) is 28.9. The molecule has 2 aromatic carbocycles. The Morgan fingerprint density at radius 1 is 1.05 bits per heavy atom. The number of carbonyl (C=O) groups is 3. The largest absolute Gasteiger partial charge is 0.497 e. The van der Waals surface area contributed by atoms with Gasteiger partial charge < -0.3 is 19.9 Å². The zero-order valence-corrected chi connectivity index (χ0v) is 24.9. The van der Waals surface area contributed by atoms with Crippen molar-refractivity contribution in [3.05, 3.63) is 65.2 Å². The van der Waals surface area contributed by atoms with E-state index < -0.39 is 11.5 Å². The van der Waals surface area contributed by atoms with Crippen molar-refractivity contribution in [3.8, 4) is 5.75 Å². The fraction of sp³-hybridized carbons (Fsp3) is 0.531. The number of carbonyl (C=O) groups excluding carboxylic acids is 3. The lowest BCUT2D eigenvalue weighted by Gasteiger charge is -2.41. The van der Waals surface area contributed by atoms with Crippen LogP contribution in [0, 0.1) is 12.3 Å². The quantitative estimate of drug-likeness (QED) is 0.415. The second-order valence-corrected chi connectivity index (χ2v) is 12.1. The molecule has 4 rings (SSSR count). The van der Waals surface area contributed by atoms with E-state index in [0.29, 0.717) is 30.8 Å². The second kappa shape index (κ2) is 13.1. The molecule has 3 atom stereocenters. The molecule has 8 heteroatoms. The van der Waals surface area contributed by atoms with Crippen LogP contribution in [0.4, 0.5) is 0 Å². The van der Waals surface area contributed by atoms with E-state index in [1.165, 1.54) is 0 Å². The molecule has 1 aliphatic carbocycles. The molecule has 40 heavy (non-hydrogen) atoms. The first kappa shape index (κ1) is 29.9. The van der Waals surface area contributed by atoms with Crippen LogP contribution in [-0.4, -0.2) is 65.2 Å². The summed E-state index contributed by atoms with van der Waals surface area (Å²) in [5.41, 5.74) is 2.04. The predicted octanol–water partition coefficient (Wildman–Crippen LogP) is 5.33. The predicted molar refractivity (Wildman–Crippen MR) is 157 cm³/mol. The number of rotatable bonds is 9. The summed E-state index contributed by atoms with van der Waals surface area (Å²) in [5.74, 6) is 0.592. The van der Waals surface area contributed by atoms with E-state index >= 15 is 0 Å². The Morgan fingerprint density at radius 3 is 2.45 bits per heavy atom. The number of benzene rings is 2. The van der Waals surface area contributed by atoms with Crippen molar-refractivity contribution in [1.29, 1.82) is 0 Å². The number of methoxy groups -OCH3 is 1. The van der Waals surface area contributed by atoms with Crippen LogP contribution < -0.4 is 10.1 Å². The van der Waals surface area contributed by atoms with Crippen molar-refractivity contribution >= 4 is 29.3 Å². The van der Waals surface area contributed by atoms with E-state index in [2.05, 4.69) is 11.4 Å². The lowest BCUT2D eigenvalue weighted by Crippen LogP contribution is -2.58. The smallest absolute Gasteiger partial charge is 0.254 e. The molecule has 7 nitrogen and oxygen atoms in total. The van der Waals surface area contributed by atoms with Crippen LogP contribution in [0.15, 0.2) is 48.5 Å². The highest BCUT2D eigenvalue weighted by Gasteiger charge is 2.42. The molecule has 3 amide bonds. The van der Waals surface area contributed by atoms with Gasteiger partial charge in [0.1, 0.15) is 11.8 Å².